The quantitative estimate of drug-likeness (QED) is 0.274. The number of nitrogens with zero attached hydrogens (tertiary/aromatic N) is 3. The first-order chi connectivity index (χ1) is 18.9. The fraction of sp³-hybridized carbons (Fsp3) is 0.500. The van der Waals surface area contributed by atoms with Crippen molar-refractivity contribution in [3.63, 3.8) is 0 Å². The third-order valence-electron chi connectivity index (χ3n) is 6.32. The third kappa shape index (κ3) is 7.51. The molecule has 0 radical (unpaired) electrons. The zero-order valence-electron chi connectivity index (χ0n) is 24.9. The van der Waals surface area contributed by atoms with Crippen LogP contribution < -0.4 is 34.9 Å². The number of amides is 1. The molecule has 1 aromatic heterocycles. The van der Waals surface area contributed by atoms with Crippen LogP contribution in [0, 0.1) is 6.92 Å². The molecule has 1 amide bonds. The number of methoxy groups -OCH3 is 2. The number of carbonyl (C=O) groups excluding carboxylic acids is 2. The first-order valence-electron chi connectivity index (χ1n) is 13.4. The van der Waals surface area contributed by atoms with E-state index in [1.54, 1.807) is 0 Å². The molecule has 40 heavy (non-hydrogen) atoms. The fourth-order valence-electron chi connectivity index (χ4n) is 3.95. The van der Waals surface area contributed by atoms with Crippen LogP contribution in [0.2, 0.25) is 19.6 Å². The Kier molecular flexibility index (Phi) is 10.1. The van der Waals surface area contributed by atoms with Gasteiger partial charge in [-0.3, -0.25) is 9.59 Å². The smallest absolute Gasteiger partial charge is 0.289 e. The van der Waals surface area contributed by atoms with E-state index >= 15 is 0 Å². The van der Waals surface area contributed by atoms with Gasteiger partial charge >= 0.3 is 0 Å². The summed E-state index contributed by atoms with van der Waals surface area (Å²) in [6, 6.07) is 6.39. The van der Waals surface area contributed by atoms with E-state index in [1.165, 1.54) is 25.5 Å². The number of carbonyl (C=O) groups is 2. The molecule has 0 saturated carbocycles. The fourth-order valence-corrected chi connectivity index (χ4v) is 5.10. The van der Waals surface area contributed by atoms with Gasteiger partial charge in [0.1, 0.15) is 5.75 Å². The van der Waals surface area contributed by atoms with Gasteiger partial charge in [0.2, 0.25) is 29.6 Å². The van der Waals surface area contributed by atoms with Gasteiger partial charge in [0.05, 0.1) is 28.4 Å². The largest absolute Gasteiger partial charge is 0.479 e. The van der Waals surface area contributed by atoms with Gasteiger partial charge in [0.25, 0.3) is 11.9 Å². The molecule has 1 unspecified atom stereocenters. The molecule has 1 aromatic carbocycles. The van der Waals surface area contributed by atoms with Gasteiger partial charge in [0, 0.05) is 25.7 Å². The lowest BCUT2D eigenvalue weighted by Gasteiger charge is -2.23. The second kappa shape index (κ2) is 13.1. The molecule has 1 atom stereocenters. The minimum absolute atomic E-state index is 0.0416. The van der Waals surface area contributed by atoms with Crippen molar-refractivity contribution in [3.05, 3.63) is 35.8 Å². The summed E-state index contributed by atoms with van der Waals surface area (Å²) in [7, 11) is 1.27. The molecular formula is C28H41N5O6Si. The predicted octanol–water partition coefficient (Wildman–Crippen LogP) is 3.00. The number of anilines is 2. The molecule has 3 rings (SSSR count). The Morgan fingerprint density at radius 1 is 1.15 bits per heavy atom. The standard InChI is InChI=1S/C28H41N5O6Si/c1-10-33(14-13-29-17(2)3)28-31-26(36-5)23(27(32-28)37-6)30-25(35)24-20(34)16-22(39-24)38-21-15-19(40(7,8)9)12-11-18(21)4/h11-12,15-17,24,29H,10,13-14H2,1-9H3,(H,30,35). The third-order valence-corrected chi connectivity index (χ3v) is 8.36. The molecular weight excluding hydrogens is 530 g/mol. The zero-order valence-corrected chi connectivity index (χ0v) is 25.9. The van der Waals surface area contributed by atoms with Crippen LogP contribution in [0.4, 0.5) is 11.6 Å². The highest BCUT2D eigenvalue weighted by molar-refractivity contribution is 6.88. The van der Waals surface area contributed by atoms with E-state index in [0.717, 1.165) is 12.1 Å². The Morgan fingerprint density at radius 3 is 2.35 bits per heavy atom. The molecule has 218 valence electrons. The molecule has 2 aromatic rings. The maximum absolute atomic E-state index is 13.2. The molecule has 11 nitrogen and oxygen atoms in total. The van der Waals surface area contributed by atoms with Crippen molar-refractivity contribution in [3.8, 4) is 17.5 Å². The van der Waals surface area contributed by atoms with Crippen LogP contribution in [0.3, 0.4) is 0 Å². The number of nitrogens with one attached hydrogen (secondary N) is 2. The van der Waals surface area contributed by atoms with Crippen LogP contribution in [0.25, 0.3) is 0 Å². The normalized spacial score (nSPS) is 15.0. The summed E-state index contributed by atoms with van der Waals surface area (Å²) in [5.74, 6) is -0.151. The van der Waals surface area contributed by atoms with Crippen LogP contribution in [-0.4, -0.2) is 75.7 Å². The Morgan fingerprint density at radius 2 is 1.80 bits per heavy atom. The zero-order chi connectivity index (χ0) is 29.6. The van der Waals surface area contributed by atoms with Crippen LogP contribution in [0.1, 0.15) is 26.3 Å². The van der Waals surface area contributed by atoms with E-state index in [-0.39, 0.29) is 23.4 Å². The number of hydrogen-bond donors (Lipinski definition) is 2. The Hall–Kier alpha value is -3.64. The monoisotopic (exact) mass is 571 g/mol. The highest BCUT2D eigenvalue weighted by Crippen LogP contribution is 2.34. The molecule has 0 aliphatic carbocycles. The lowest BCUT2D eigenvalue weighted by molar-refractivity contribution is -0.134. The van der Waals surface area contributed by atoms with Gasteiger partial charge in [-0.1, -0.05) is 50.8 Å². The number of rotatable bonds is 13. The van der Waals surface area contributed by atoms with Crippen LogP contribution >= 0.6 is 0 Å². The predicted molar refractivity (Wildman–Crippen MR) is 158 cm³/mol. The lowest BCUT2D eigenvalue weighted by Crippen LogP contribution is -2.37. The number of ketones is 1. The molecule has 2 N–H and O–H groups in total. The minimum Gasteiger partial charge on any atom is -0.479 e. The van der Waals surface area contributed by atoms with Crippen molar-refractivity contribution < 1.29 is 28.5 Å². The average molecular weight is 572 g/mol. The lowest BCUT2D eigenvalue weighted by atomic mass is 10.2. The van der Waals surface area contributed by atoms with Crippen molar-refractivity contribution in [1.82, 2.24) is 15.3 Å². The summed E-state index contributed by atoms with van der Waals surface area (Å²) in [5, 5.41) is 7.21. The number of ether oxygens (including phenoxy) is 4. The van der Waals surface area contributed by atoms with E-state index < -0.39 is 25.9 Å². The summed E-state index contributed by atoms with van der Waals surface area (Å²) in [6.45, 7) is 16.8. The molecule has 0 spiro atoms. The van der Waals surface area contributed by atoms with Gasteiger partial charge < -0.3 is 34.5 Å². The minimum atomic E-state index is -1.59. The molecule has 0 fully saturated rings. The van der Waals surface area contributed by atoms with E-state index in [1.807, 2.05) is 30.9 Å². The van der Waals surface area contributed by atoms with E-state index in [4.69, 9.17) is 18.9 Å². The van der Waals surface area contributed by atoms with Gasteiger partial charge in [-0.15, -0.1) is 0 Å². The molecule has 0 saturated heterocycles. The van der Waals surface area contributed by atoms with Crippen LogP contribution in [0.5, 0.6) is 17.5 Å². The number of benzene rings is 1. The van der Waals surface area contributed by atoms with Crippen molar-refractivity contribution in [2.75, 3.05) is 44.1 Å². The molecule has 2 heterocycles. The molecule has 12 heteroatoms. The second-order valence-electron chi connectivity index (χ2n) is 10.8. The van der Waals surface area contributed by atoms with Crippen molar-refractivity contribution in [2.24, 2.45) is 0 Å². The summed E-state index contributed by atoms with van der Waals surface area (Å²) < 4.78 is 22.5. The summed E-state index contributed by atoms with van der Waals surface area (Å²) in [6.07, 6.45) is -0.262. The van der Waals surface area contributed by atoms with Crippen molar-refractivity contribution in [1.29, 1.82) is 0 Å². The van der Waals surface area contributed by atoms with Crippen molar-refractivity contribution in [2.45, 2.75) is 59.5 Å². The number of likely N-dealkylation sites (N-methyl/N-ethyl adjacent to an activating group) is 1. The molecule has 0 bridgehead atoms. The average Bonchev–Trinajstić information content (AvgIpc) is 3.27. The molecule has 1 aliphatic heterocycles. The van der Waals surface area contributed by atoms with Gasteiger partial charge in [-0.25, -0.2) is 0 Å². The van der Waals surface area contributed by atoms with Gasteiger partial charge in [-0.2, -0.15) is 9.97 Å². The number of hydrogen-bond acceptors (Lipinski definition) is 10. The van der Waals surface area contributed by atoms with E-state index in [0.29, 0.717) is 30.8 Å². The summed E-state index contributed by atoms with van der Waals surface area (Å²) in [4.78, 5) is 36.8. The van der Waals surface area contributed by atoms with E-state index in [9.17, 15) is 9.59 Å². The summed E-state index contributed by atoms with van der Waals surface area (Å²) in [5.41, 5.74) is 0.985. The summed E-state index contributed by atoms with van der Waals surface area (Å²) >= 11 is 0. The van der Waals surface area contributed by atoms with Crippen molar-refractivity contribution >= 4 is 36.6 Å². The van der Waals surface area contributed by atoms with Crippen LogP contribution in [0.15, 0.2) is 30.2 Å². The number of aromatic nitrogens is 2. The van der Waals surface area contributed by atoms with Gasteiger partial charge in [-0.05, 0) is 25.5 Å². The number of aryl methyl sites for hydroxylation is 1. The Labute approximate surface area is 237 Å². The van der Waals surface area contributed by atoms with Gasteiger partial charge in [0.15, 0.2) is 5.69 Å². The van der Waals surface area contributed by atoms with Crippen LogP contribution in [-0.2, 0) is 14.3 Å². The Balaban J connectivity index is 1.76. The first-order valence-corrected chi connectivity index (χ1v) is 16.9. The van der Waals surface area contributed by atoms with E-state index in [2.05, 4.69) is 60.2 Å². The highest BCUT2D eigenvalue weighted by atomic mass is 28.3. The first kappa shape index (κ1) is 30.9. The highest BCUT2D eigenvalue weighted by Gasteiger charge is 2.37. The molecule has 1 aliphatic rings. The topological polar surface area (TPSA) is 124 Å². The maximum Gasteiger partial charge on any atom is 0.289 e. The Bertz CT molecular complexity index is 1240. The second-order valence-corrected chi connectivity index (χ2v) is 15.9. The SMILES string of the molecule is CCN(CCNC(C)C)c1nc(OC)c(NC(=O)C2OC(Oc3cc([Si](C)(C)C)ccc3C)=CC2=O)c(OC)n1. The maximum atomic E-state index is 13.2.